The van der Waals surface area contributed by atoms with E-state index in [1.54, 1.807) is 46.1 Å². The van der Waals surface area contributed by atoms with Crippen LogP contribution in [0.4, 0.5) is 0 Å². The van der Waals surface area contributed by atoms with E-state index >= 15 is 0 Å². The lowest BCUT2D eigenvalue weighted by Crippen LogP contribution is -2.49. The number of nitrogens with zero attached hydrogens (tertiary/aromatic N) is 2. The number of carbonyl (C=O) groups is 4. The smallest absolute Gasteiger partial charge is 0.314 e. The summed E-state index contributed by atoms with van der Waals surface area (Å²) in [4.78, 5) is 53.8. The van der Waals surface area contributed by atoms with E-state index in [-0.39, 0.29) is 57.3 Å². The van der Waals surface area contributed by atoms with Crippen molar-refractivity contribution in [3.8, 4) is 5.75 Å². The van der Waals surface area contributed by atoms with Crippen molar-refractivity contribution in [2.75, 3.05) is 53.1 Å². The van der Waals surface area contributed by atoms with Gasteiger partial charge in [0.25, 0.3) is 11.8 Å². The quantitative estimate of drug-likeness (QED) is 0.381. The van der Waals surface area contributed by atoms with Gasteiger partial charge in [-0.2, -0.15) is 0 Å². The highest BCUT2D eigenvalue weighted by molar-refractivity contribution is 5.98. The summed E-state index contributed by atoms with van der Waals surface area (Å²) < 4.78 is 21.5. The fourth-order valence-corrected chi connectivity index (χ4v) is 4.69. The molecule has 1 aromatic carbocycles. The molecular weight excluding hydrogens is 520 g/mol. The molecule has 1 atom stereocenters. The monoisotopic (exact) mass is 558 g/mol. The fourth-order valence-electron chi connectivity index (χ4n) is 4.69. The van der Waals surface area contributed by atoms with Gasteiger partial charge in [-0.05, 0) is 57.7 Å². The Morgan fingerprint density at radius 2 is 1.98 bits per heavy atom. The van der Waals surface area contributed by atoms with Gasteiger partial charge in [-0.1, -0.05) is 17.3 Å². The molecule has 0 fully saturated rings. The van der Waals surface area contributed by atoms with E-state index in [9.17, 15) is 19.2 Å². The van der Waals surface area contributed by atoms with Gasteiger partial charge in [-0.25, -0.2) is 0 Å². The van der Waals surface area contributed by atoms with E-state index in [0.717, 1.165) is 5.56 Å². The van der Waals surface area contributed by atoms with Gasteiger partial charge in [0.05, 0.1) is 24.3 Å². The maximum Gasteiger partial charge on any atom is 0.314 e. The molecule has 0 spiro atoms. The highest BCUT2D eigenvalue weighted by Crippen LogP contribution is 2.32. The molecule has 12 nitrogen and oxygen atoms in total. The molecule has 2 heterocycles. The molecule has 1 aliphatic heterocycles. The van der Waals surface area contributed by atoms with Crippen LogP contribution < -0.4 is 15.4 Å². The summed E-state index contributed by atoms with van der Waals surface area (Å²) in [5.74, 6) is -0.948. The molecule has 1 aliphatic rings. The van der Waals surface area contributed by atoms with Gasteiger partial charge >= 0.3 is 5.97 Å². The van der Waals surface area contributed by atoms with E-state index in [4.69, 9.17) is 18.7 Å². The van der Waals surface area contributed by atoms with Crippen LogP contribution in [-0.2, 0) is 30.3 Å². The molecule has 2 N–H and O–H groups in total. The van der Waals surface area contributed by atoms with Gasteiger partial charge in [0.1, 0.15) is 17.1 Å². The minimum absolute atomic E-state index is 0.0104. The summed E-state index contributed by atoms with van der Waals surface area (Å²) in [6, 6.07) is 7.14. The maximum absolute atomic E-state index is 13.4. The number of nitrogens with one attached hydrogen (secondary N) is 2. The summed E-state index contributed by atoms with van der Waals surface area (Å²) in [5, 5.41) is 9.42. The van der Waals surface area contributed by atoms with E-state index < -0.39 is 23.2 Å². The molecule has 12 heteroatoms. The number of amides is 3. The second-order valence-corrected chi connectivity index (χ2v) is 9.76. The molecular formula is C28H38N4O8. The zero-order valence-corrected chi connectivity index (χ0v) is 23.5. The van der Waals surface area contributed by atoms with Crippen molar-refractivity contribution in [2.45, 2.75) is 40.0 Å². The van der Waals surface area contributed by atoms with Crippen LogP contribution in [-0.4, -0.2) is 86.9 Å². The lowest BCUT2D eigenvalue weighted by Gasteiger charge is -2.32. The lowest BCUT2D eigenvalue weighted by molar-refractivity contribution is -0.156. The third-order valence-corrected chi connectivity index (χ3v) is 6.72. The maximum atomic E-state index is 13.4. The predicted octanol–water partition coefficient (Wildman–Crippen LogP) is 1.58. The highest BCUT2D eigenvalue weighted by Gasteiger charge is 2.40. The van der Waals surface area contributed by atoms with Crippen molar-refractivity contribution in [1.29, 1.82) is 0 Å². The van der Waals surface area contributed by atoms with Crippen molar-refractivity contribution >= 4 is 23.7 Å². The lowest BCUT2D eigenvalue weighted by atomic mass is 9.77. The number of hydrogen-bond acceptors (Lipinski definition) is 9. The Balaban J connectivity index is 1.95. The first-order valence-electron chi connectivity index (χ1n) is 13.3. The van der Waals surface area contributed by atoms with Crippen LogP contribution in [0.3, 0.4) is 0 Å². The molecule has 3 amide bonds. The summed E-state index contributed by atoms with van der Waals surface area (Å²) in [6.07, 6.45) is 1.19. The SMILES string of the molecule is CCOC(=O)C1(CCCOC)CNC(=O)CN(C(=O)c2c(C)noc2C)CCNC(=O)COc2cccc(c2)C1. The van der Waals surface area contributed by atoms with E-state index in [2.05, 4.69) is 15.8 Å². The highest BCUT2D eigenvalue weighted by atomic mass is 16.5. The fraction of sp³-hybridized carbons (Fsp3) is 0.536. The zero-order chi connectivity index (χ0) is 29.1. The Morgan fingerprint density at radius 3 is 2.67 bits per heavy atom. The average molecular weight is 559 g/mol. The van der Waals surface area contributed by atoms with Crippen LogP contribution in [0.5, 0.6) is 5.75 Å². The standard InChI is InChI=1S/C28H38N4O8/c1-5-38-27(36)28(10-7-13-37-4)15-21-8-6-9-22(14-21)39-17-24(34)29-11-12-32(16-23(33)30-18-28)26(35)25-19(2)31-40-20(25)3/h6,8-9,14H,5,7,10-13,15-18H2,1-4H3,(H,29,34)(H,30,33). The Morgan fingerprint density at radius 1 is 1.18 bits per heavy atom. The largest absolute Gasteiger partial charge is 0.484 e. The van der Waals surface area contributed by atoms with Gasteiger partial charge < -0.3 is 34.3 Å². The molecule has 218 valence electrons. The molecule has 0 aliphatic carbocycles. The molecule has 0 saturated heterocycles. The number of fused-ring (bicyclic) bond motifs is 2. The summed E-state index contributed by atoms with van der Waals surface area (Å²) >= 11 is 0. The van der Waals surface area contributed by atoms with Crippen molar-refractivity contribution in [3.63, 3.8) is 0 Å². The Bertz CT molecular complexity index is 1180. The first-order valence-corrected chi connectivity index (χ1v) is 13.3. The molecule has 0 saturated carbocycles. The van der Waals surface area contributed by atoms with Gasteiger partial charge in [-0.15, -0.1) is 0 Å². The summed E-state index contributed by atoms with van der Waals surface area (Å²) in [6.45, 7) is 5.18. The number of hydrogen-bond donors (Lipinski definition) is 2. The third kappa shape index (κ3) is 8.04. The van der Waals surface area contributed by atoms with E-state index in [0.29, 0.717) is 36.7 Å². The number of benzene rings is 1. The molecule has 2 aromatic rings. The van der Waals surface area contributed by atoms with Gasteiger partial charge in [0.2, 0.25) is 5.91 Å². The minimum Gasteiger partial charge on any atom is -0.484 e. The minimum atomic E-state index is -1.10. The van der Waals surface area contributed by atoms with Crippen molar-refractivity contribution in [1.82, 2.24) is 20.7 Å². The molecule has 0 radical (unpaired) electrons. The molecule has 1 unspecified atom stereocenters. The zero-order valence-electron chi connectivity index (χ0n) is 23.5. The Hall–Kier alpha value is -3.93. The van der Waals surface area contributed by atoms with Crippen LogP contribution in [0.1, 0.15) is 47.1 Å². The van der Waals surface area contributed by atoms with Gasteiger partial charge in [0.15, 0.2) is 6.61 Å². The van der Waals surface area contributed by atoms with E-state index in [1.165, 1.54) is 4.90 Å². The average Bonchev–Trinajstić information content (AvgIpc) is 3.27. The second-order valence-electron chi connectivity index (χ2n) is 9.76. The number of aromatic nitrogens is 1. The topological polar surface area (TPSA) is 149 Å². The number of methoxy groups -OCH3 is 1. The van der Waals surface area contributed by atoms with Gasteiger partial charge in [-0.3, -0.25) is 19.2 Å². The van der Waals surface area contributed by atoms with Crippen LogP contribution >= 0.6 is 0 Å². The number of carbonyl (C=O) groups excluding carboxylic acids is 4. The van der Waals surface area contributed by atoms with Crippen molar-refractivity contribution in [3.05, 3.63) is 46.8 Å². The molecule has 2 bridgehead atoms. The number of ether oxygens (including phenoxy) is 3. The second kappa shape index (κ2) is 14.5. The van der Waals surface area contributed by atoms with E-state index in [1.807, 2.05) is 6.07 Å². The van der Waals surface area contributed by atoms with Crippen LogP contribution in [0.25, 0.3) is 0 Å². The number of esters is 1. The first kappa shape index (κ1) is 30.6. The van der Waals surface area contributed by atoms with Crippen LogP contribution in [0.15, 0.2) is 28.8 Å². The van der Waals surface area contributed by atoms with Crippen molar-refractivity contribution < 1.29 is 37.9 Å². The molecule has 1 aromatic heterocycles. The number of rotatable bonds is 7. The van der Waals surface area contributed by atoms with Gasteiger partial charge in [0, 0.05) is 33.4 Å². The Labute approximate surface area is 233 Å². The first-order chi connectivity index (χ1) is 19.2. The predicted molar refractivity (Wildman–Crippen MR) is 144 cm³/mol. The van der Waals surface area contributed by atoms with Crippen LogP contribution in [0, 0.1) is 19.3 Å². The molecule has 3 rings (SSSR count). The normalized spacial score (nSPS) is 18.9. The number of aryl methyl sites for hydroxylation is 2. The molecule has 40 heavy (non-hydrogen) atoms. The summed E-state index contributed by atoms with van der Waals surface area (Å²) in [5.41, 5.74) is 0.331. The van der Waals surface area contributed by atoms with Crippen LogP contribution in [0.2, 0.25) is 0 Å². The van der Waals surface area contributed by atoms with Crippen molar-refractivity contribution in [2.24, 2.45) is 5.41 Å². The Kier molecular flexibility index (Phi) is 11.1. The third-order valence-electron chi connectivity index (χ3n) is 6.72. The summed E-state index contributed by atoms with van der Waals surface area (Å²) in [7, 11) is 1.58.